The molecule has 0 radical (unpaired) electrons. The third-order valence-electron chi connectivity index (χ3n) is 3.52. The Kier molecular flexibility index (Phi) is 3.12. The van der Waals surface area contributed by atoms with Gasteiger partial charge in [-0.05, 0) is 24.3 Å². The van der Waals surface area contributed by atoms with E-state index < -0.39 is 0 Å². The van der Waals surface area contributed by atoms with E-state index in [4.69, 9.17) is 9.72 Å². The van der Waals surface area contributed by atoms with Crippen molar-refractivity contribution in [1.29, 1.82) is 0 Å². The normalized spacial score (nSPS) is 11.0. The average Bonchev–Trinajstić information content (AvgIpc) is 3.21. The van der Waals surface area contributed by atoms with Gasteiger partial charge in [0.15, 0.2) is 5.13 Å². The maximum atomic E-state index is 5.27. The van der Waals surface area contributed by atoms with E-state index in [1.807, 2.05) is 53.4 Å². The van der Waals surface area contributed by atoms with E-state index in [1.165, 1.54) is 0 Å². The molecule has 2 aromatic carbocycles. The highest BCUT2D eigenvalue weighted by Crippen LogP contribution is 2.28. The molecule has 0 unspecified atom stereocenters. The second-order valence-corrected chi connectivity index (χ2v) is 5.69. The number of fused-ring (bicyclic) bond motifs is 1. The molecule has 4 aromatic rings. The van der Waals surface area contributed by atoms with Crippen molar-refractivity contribution >= 4 is 22.4 Å². The van der Waals surface area contributed by atoms with Gasteiger partial charge >= 0.3 is 0 Å². The molecule has 22 heavy (non-hydrogen) atoms. The molecular formula is C17H13N3OS. The maximum Gasteiger partial charge on any atom is 0.195 e. The fourth-order valence-electron chi connectivity index (χ4n) is 2.40. The lowest BCUT2D eigenvalue weighted by Crippen LogP contribution is -1.91. The predicted octanol–water partition coefficient (Wildman–Crippen LogP) is 4.16. The zero-order chi connectivity index (χ0) is 14.9. The van der Waals surface area contributed by atoms with Gasteiger partial charge in [0.1, 0.15) is 12.1 Å². The van der Waals surface area contributed by atoms with Crippen molar-refractivity contribution in [3.05, 3.63) is 60.2 Å². The minimum atomic E-state index is 0.833. The molecule has 0 aliphatic heterocycles. The Morgan fingerprint density at radius 1 is 1.09 bits per heavy atom. The molecule has 0 spiro atoms. The van der Waals surface area contributed by atoms with Crippen LogP contribution in [0.2, 0.25) is 0 Å². The summed E-state index contributed by atoms with van der Waals surface area (Å²) in [7, 11) is 1.67. The van der Waals surface area contributed by atoms with E-state index in [0.717, 1.165) is 33.2 Å². The summed E-state index contributed by atoms with van der Waals surface area (Å²) in [4.78, 5) is 9.15. The summed E-state index contributed by atoms with van der Waals surface area (Å²) in [6.07, 6.45) is 1.82. The van der Waals surface area contributed by atoms with E-state index in [2.05, 4.69) is 16.4 Å². The van der Waals surface area contributed by atoms with Gasteiger partial charge in [0, 0.05) is 10.9 Å². The van der Waals surface area contributed by atoms with Crippen LogP contribution in [-0.2, 0) is 0 Å². The lowest BCUT2D eigenvalue weighted by atomic mass is 10.2. The average molecular weight is 307 g/mol. The van der Waals surface area contributed by atoms with Gasteiger partial charge in [-0.15, -0.1) is 11.3 Å². The minimum Gasteiger partial charge on any atom is -0.497 e. The Morgan fingerprint density at radius 3 is 2.91 bits per heavy atom. The van der Waals surface area contributed by atoms with Crippen LogP contribution in [0.5, 0.6) is 5.75 Å². The second kappa shape index (κ2) is 5.27. The van der Waals surface area contributed by atoms with Crippen molar-refractivity contribution < 1.29 is 4.74 Å². The van der Waals surface area contributed by atoms with Crippen molar-refractivity contribution in [2.75, 3.05) is 7.11 Å². The summed E-state index contributed by atoms with van der Waals surface area (Å²) in [5, 5.41) is 2.96. The lowest BCUT2D eigenvalue weighted by molar-refractivity contribution is 0.415. The standard InChI is InChI=1S/C17H13N3OS/c1-21-13-6-4-5-12(9-13)15-10-22-17(19-15)20-11-18-14-7-2-3-8-16(14)20/h2-11H,1H3. The lowest BCUT2D eigenvalue weighted by Gasteiger charge is -2.02. The van der Waals surface area contributed by atoms with Crippen LogP contribution in [0.4, 0.5) is 0 Å². The number of hydrogen-bond donors (Lipinski definition) is 0. The van der Waals surface area contributed by atoms with E-state index in [-0.39, 0.29) is 0 Å². The molecule has 0 N–H and O–H groups in total. The van der Waals surface area contributed by atoms with Crippen molar-refractivity contribution in [3.8, 4) is 22.1 Å². The molecule has 0 saturated heterocycles. The fraction of sp³-hybridized carbons (Fsp3) is 0.0588. The van der Waals surface area contributed by atoms with E-state index in [0.29, 0.717) is 0 Å². The summed E-state index contributed by atoms with van der Waals surface area (Å²) in [6.45, 7) is 0. The molecule has 0 bridgehead atoms. The SMILES string of the molecule is COc1cccc(-c2csc(-n3cnc4ccccc43)n2)c1. The summed E-state index contributed by atoms with van der Waals surface area (Å²) < 4.78 is 7.29. The van der Waals surface area contributed by atoms with Crippen LogP contribution in [-0.4, -0.2) is 21.6 Å². The van der Waals surface area contributed by atoms with Crippen LogP contribution in [0.1, 0.15) is 0 Å². The van der Waals surface area contributed by atoms with Crippen molar-refractivity contribution in [3.63, 3.8) is 0 Å². The topological polar surface area (TPSA) is 39.9 Å². The zero-order valence-electron chi connectivity index (χ0n) is 11.9. The zero-order valence-corrected chi connectivity index (χ0v) is 12.7. The number of hydrogen-bond acceptors (Lipinski definition) is 4. The molecule has 0 aliphatic rings. The van der Waals surface area contributed by atoms with Gasteiger partial charge in [-0.1, -0.05) is 24.3 Å². The van der Waals surface area contributed by atoms with Crippen molar-refractivity contribution in [2.24, 2.45) is 0 Å². The number of para-hydroxylation sites is 2. The van der Waals surface area contributed by atoms with E-state index in [1.54, 1.807) is 18.4 Å². The number of imidazole rings is 1. The summed E-state index contributed by atoms with van der Waals surface area (Å²) >= 11 is 1.60. The molecule has 5 heteroatoms. The third kappa shape index (κ3) is 2.16. The summed E-state index contributed by atoms with van der Waals surface area (Å²) in [6, 6.07) is 16.0. The smallest absolute Gasteiger partial charge is 0.195 e. The third-order valence-corrected chi connectivity index (χ3v) is 4.36. The van der Waals surface area contributed by atoms with Crippen molar-refractivity contribution in [2.45, 2.75) is 0 Å². The summed E-state index contributed by atoms with van der Waals surface area (Å²) in [5.41, 5.74) is 4.03. The van der Waals surface area contributed by atoms with Gasteiger partial charge in [0.2, 0.25) is 0 Å². The number of ether oxygens (including phenoxy) is 1. The number of benzene rings is 2. The van der Waals surface area contributed by atoms with Gasteiger partial charge in [-0.25, -0.2) is 9.97 Å². The van der Waals surface area contributed by atoms with Gasteiger partial charge < -0.3 is 4.74 Å². The van der Waals surface area contributed by atoms with Gasteiger partial charge in [-0.3, -0.25) is 4.57 Å². The monoisotopic (exact) mass is 307 g/mol. The van der Waals surface area contributed by atoms with E-state index >= 15 is 0 Å². The highest BCUT2D eigenvalue weighted by molar-refractivity contribution is 7.12. The maximum absolute atomic E-state index is 5.27. The molecule has 0 atom stereocenters. The molecule has 2 heterocycles. The van der Waals surface area contributed by atoms with Crippen LogP contribution in [0.3, 0.4) is 0 Å². The first-order valence-electron chi connectivity index (χ1n) is 6.87. The molecular weight excluding hydrogens is 294 g/mol. The highest BCUT2D eigenvalue weighted by atomic mass is 32.1. The first kappa shape index (κ1) is 13.0. The Labute approximate surface area is 131 Å². The number of nitrogens with zero attached hydrogens (tertiary/aromatic N) is 3. The van der Waals surface area contributed by atoms with Gasteiger partial charge in [0.25, 0.3) is 0 Å². The molecule has 0 aliphatic carbocycles. The Balaban J connectivity index is 1.78. The van der Waals surface area contributed by atoms with Crippen LogP contribution >= 0.6 is 11.3 Å². The van der Waals surface area contributed by atoms with Crippen molar-refractivity contribution in [1.82, 2.24) is 14.5 Å². The predicted molar refractivity (Wildman–Crippen MR) is 88.7 cm³/mol. The van der Waals surface area contributed by atoms with Crippen LogP contribution in [0.25, 0.3) is 27.4 Å². The highest BCUT2D eigenvalue weighted by Gasteiger charge is 2.10. The molecule has 108 valence electrons. The second-order valence-electron chi connectivity index (χ2n) is 4.85. The molecule has 0 fully saturated rings. The Morgan fingerprint density at radius 2 is 2.00 bits per heavy atom. The van der Waals surface area contributed by atoms with Crippen LogP contribution < -0.4 is 4.74 Å². The molecule has 2 aromatic heterocycles. The summed E-state index contributed by atoms with van der Waals surface area (Å²) in [5.74, 6) is 0.833. The first-order valence-corrected chi connectivity index (χ1v) is 7.75. The van der Waals surface area contributed by atoms with Gasteiger partial charge in [-0.2, -0.15) is 0 Å². The van der Waals surface area contributed by atoms with Gasteiger partial charge in [0.05, 0.1) is 23.8 Å². The number of aromatic nitrogens is 3. The number of rotatable bonds is 3. The molecule has 0 saturated carbocycles. The quantitative estimate of drug-likeness (QED) is 0.570. The largest absolute Gasteiger partial charge is 0.497 e. The Bertz CT molecular complexity index is 942. The first-order chi connectivity index (χ1) is 10.8. The molecule has 4 rings (SSSR count). The molecule has 0 amide bonds. The van der Waals surface area contributed by atoms with Crippen LogP contribution in [0, 0.1) is 0 Å². The number of methoxy groups -OCH3 is 1. The molecule has 4 nitrogen and oxygen atoms in total. The Hall–Kier alpha value is -2.66. The van der Waals surface area contributed by atoms with Crippen LogP contribution in [0.15, 0.2) is 60.2 Å². The number of thiazole rings is 1. The van der Waals surface area contributed by atoms with E-state index in [9.17, 15) is 0 Å². The fourth-order valence-corrected chi connectivity index (χ4v) is 3.22. The minimum absolute atomic E-state index is 0.833.